The fraction of sp³-hybridized carbons (Fsp3) is 0.882. The fourth-order valence-electron chi connectivity index (χ4n) is 6.14. The first-order chi connectivity index (χ1) is 10.4. The number of aliphatic hydroxyl groups excluding tert-OH is 1. The van der Waals surface area contributed by atoms with Gasteiger partial charge in [0.25, 0.3) is 0 Å². The van der Waals surface area contributed by atoms with Crippen LogP contribution in [-0.2, 0) is 19.1 Å². The molecule has 22 heavy (non-hydrogen) atoms. The zero-order chi connectivity index (χ0) is 15.9. The third-order valence-electron chi connectivity index (χ3n) is 7.21. The number of rotatable bonds is 2. The van der Waals surface area contributed by atoms with Crippen LogP contribution in [0, 0.1) is 16.7 Å². The van der Waals surface area contributed by atoms with Crippen molar-refractivity contribution in [1.29, 1.82) is 0 Å². The molecule has 2 saturated carbocycles. The molecule has 1 N–H and O–H groups in total. The molecular formula is C17H24O5. The number of fused-ring (bicyclic) bond motifs is 2. The first-order valence-electron chi connectivity index (χ1n) is 8.44. The van der Waals surface area contributed by atoms with Gasteiger partial charge in [-0.15, -0.1) is 0 Å². The van der Waals surface area contributed by atoms with Gasteiger partial charge in [-0.3, -0.25) is 9.59 Å². The highest BCUT2D eigenvalue weighted by atomic mass is 16.6. The Hall–Kier alpha value is -0.780. The molecule has 2 aliphatic carbocycles. The number of hydrogen-bond acceptors (Lipinski definition) is 5. The average molecular weight is 308 g/mol. The molecule has 2 bridgehead atoms. The Morgan fingerprint density at radius 2 is 1.95 bits per heavy atom. The maximum Gasteiger partial charge on any atom is 0.210 e. The number of carbonyl (C=O) groups excluding carboxylic acids is 2. The third kappa shape index (κ3) is 1.22. The van der Waals surface area contributed by atoms with Crippen LogP contribution in [-0.4, -0.2) is 47.2 Å². The van der Waals surface area contributed by atoms with Gasteiger partial charge in [-0.2, -0.15) is 0 Å². The van der Waals surface area contributed by atoms with Crippen molar-refractivity contribution in [3.05, 3.63) is 0 Å². The number of epoxide rings is 1. The lowest BCUT2D eigenvalue weighted by Gasteiger charge is -2.58. The van der Waals surface area contributed by atoms with E-state index in [-0.39, 0.29) is 36.6 Å². The van der Waals surface area contributed by atoms with Crippen molar-refractivity contribution in [3.63, 3.8) is 0 Å². The molecule has 0 aromatic carbocycles. The van der Waals surface area contributed by atoms with Gasteiger partial charge in [-0.1, -0.05) is 13.8 Å². The first-order valence-corrected chi connectivity index (χ1v) is 8.44. The molecular weight excluding hydrogens is 284 g/mol. The molecule has 2 saturated heterocycles. The van der Waals surface area contributed by atoms with Crippen LogP contribution >= 0.6 is 0 Å². The van der Waals surface area contributed by atoms with E-state index in [1.807, 2.05) is 13.8 Å². The minimum absolute atomic E-state index is 0.0136. The first kappa shape index (κ1) is 14.8. The van der Waals surface area contributed by atoms with Crippen molar-refractivity contribution >= 4 is 11.6 Å². The molecule has 2 aliphatic heterocycles. The predicted molar refractivity (Wildman–Crippen MR) is 77.2 cm³/mol. The molecule has 4 fully saturated rings. The van der Waals surface area contributed by atoms with Crippen LogP contribution < -0.4 is 0 Å². The van der Waals surface area contributed by atoms with E-state index in [1.165, 1.54) is 0 Å². The van der Waals surface area contributed by atoms with E-state index in [0.717, 1.165) is 19.3 Å². The van der Waals surface area contributed by atoms with E-state index in [9.17, 15) is 14.7 Å². The van der Waals surface area contributed by atoms with E-state index in [0.29, 0.717) is 6.42 Å². The summed E-state index contributed by atoms with van der Waals surface area (Å²) in [5.41, 5.74) is -2.09. The normalized spacial score (nSPS) is 56.4. The standard InChI is InChI=1S/C17H24O5/c1-4-15-6-5-11(17(15)10(3)22-17)21-12-7-9(2)13(19)14(20)16(12,15)8-18/h9-12,18H,4-8H2,1-3H3. The van der Waals surface area contributed by atoms with Crippen molar-refractivity contribution in [3.8, 4) is 0 Å². The van der Waals surface area contributed by atoms with Gasteiger partial charge in [0.1, 0.15) is 5.60 Å². The molecule has 4 rings (SSSR count). The van der Waals surface area contributed by atoms with Crippen LogP contribution in [0.1, 0.15) is 46.5 Å². The summed E-state index contributed by atoms with van der Waals surface area (Å²) in [5, 5.41) is 10.3. The van der Waals surface area contributed by atoms with Gasteiger partial charge in [0.05, 0.1) is 30.3 Å². The van der Waals surface area contributed by atoms with E-state index in [1.54, 1.807) is 6.92 Å². The summed E-state index contributed by atoms with van der Waals surface area (Å²) >= 11 is 0. The van der Waals surface area contributed by atoms with Crippen molar-refractivity contribution in [1.82, 2.24) is 0 Å². The number of hydrogen-bond donors (Lipinski definition) is 1. The van der Waals surface area contributed by atoms with Gasteiger partial charge >= 0.3 is 0 Å². The second-order valence-electron chi connectivity index (χ2n) is 7.60. The van der Waals surface area contributed by atoms with E-state index in [4.69, 9.17) is 9.47 Å². The van der Waals surface area contributed by atoms with Gasteiger partial charge in [0, 0.05) is 11.3 Å². The molecule has 5 heteroatoms. The SMILES string of the molecule is CCC12CCC(OC3CC(C)C(=O)C(=O)C31CO)C21OC1C. The highest BCUT2D eigenvalue weighted by Crippen LogP contribution is 2.74. The summed E-state index contributed by atoms with van der Waals surface area (Å²) < 4.78 is 12.3. The largest absolute Gasteiger partial charge is 0.395 e. The van der Waals surface area contributed by atoms with Crippen molar-refractivity contribution in [2.45, 2.75) is 70.4 Å². The van der Waals surface area contributed by atoms with Gasteiger partial charge in [-0.05, 0) is 32.6 Å². The molecule has 0 aromatic rings. The predicted octanol–water partition coefficient (Wildman–Crippen LogP) is 1.26. The second-order valence-corrected chi connectivity index (χ2v) is 7.60. The summed E-state index contributed by atoms with van der Waals surface area (Å²) in [6.45, 7) is 5.52. The summed E-state index contributed by atoms with van der Waals surface area (Å²) in [7, 11) is 0. The molecule has 2 heterocycles. The van der Waals surface area contributed by atoms with E-state index in [2.05, 4.69) is 0 Å². The maximum absolute atomic E-state index is 13.1. The Labute approximate surface area is 130 Å². The minimum atomic E-state index is -1.12. The van der Waals surface area contributed by atoms with Gasteiger partial charge in [0.15, 0.2) is 0 Å². The fourth-order valence-corrected chi connectivity index (χ4v) is 6.14. The highest BCUT2D eigenvalue weighted by Gasteiger charge is 2.85. The second kappa shape index (κ2) is 4.19. The summed E-state index contributed by atoms with van der Waals surface area (Å²) in [5.74, 6) is -1.10. The van der Waals surface area contributed by atoms with Crippen LogP contribution in [0.25, 0.3) is 0 Å². The van der Waals surface area contributed by atoms with Crippen molar-refractivity contribution < 1.29 is 24.2 Å². The molecule has 0 amide bonds. The minimum Gasteiger partial charge on any atom is -0.395 e. The molecule has 122 valence electrons. The molecule has 4 aliphatic rings. The number of Topliss-reactive ketones (excluding diaryl/α,β-unsaturated/α-hetero) is 2. The number of ketones is 2. The molecule has 0 radical (unpaired) electrons. The lowest BCUT2D eigenvalue weighted by atomic mass is 9.47. The number of carbonyl (C=O) groups is 2. The zero-order valence-electron chi connectivity index (χ0n) is 13.4. The Balaban J connectivity index is 1.93. The molecule has 5 nitrogen and oxygen atoms in total. The third-order valence-corrected chi connectivity index (χ3v) is 7.21. The monoisotopic (exact) mass is 308 g/mol. The average Bonchev–Trinajstić information content (AvgIpc) is 3.11. The smallest absolute Gasteiger partial charge is 0.210 e. The highest BCUT2D eigenvalue weighted by molar-refractivity contribution is 6.41. The molecule has 7 unspecified atom stereocenters. The van der Waals surface area contributed by atoms with Gasteiger partial charge < -0.3 is 14.6 Å². The Morgan fingerprint density at radius 1 is 1.27 bits per heavy atom. The van der Waals surface area contributed by atoms with Crippen LogP contribution in [0.4, 0.5) is 0 Å². The summed E-state index contributed by atoms with van der Waals surface area (Å²) in [6.07, 6.45) is 2.50. The summed E-state index contributed by atoms with van der Waals surface area (Å²) in [6, 6.07) is 0. The topological polar surface area (TPSA) is 76.1 Å². The Kier molecular flexibility index (Phi) is 2.82. The molecule has 1 spiro atoms. The molecule has 7 atom stereocenters. The lowest BCUT2D eigenvalue weighted by Crippen LogP contribution is -2.71. The van der Waals surface area contributed by atoms with Gasteiger partial charge in [-0.25, -0.2) is 0 Å². The van der Waals surface area contributed by atoms with E-state index >= 15 is 0 Å². The van der Waals surface area contributed by atoms with E-state index < -0.39 is 22.2 Å². The number of aliphatic hydroxyl groups is 1. The van der Waals surface area contributed by atoms with Crippen LogP contribution in [0.3, 0.4) is 0 Å². The van der Waals surface area contributed by atoms with Crippen LogP contribution in [0.2, 0.25) is 0 Å². The molecule has 0 aromatic heterocycles. The zero-order valence-corrected chi connectivity index (χ0v) is 13.4. The van der Waals surface area contributed by atoms with Crippen molar-refractivity contribution in [2.24, 2.45) is 16.7 Å². The Morgan fingerprint density at radius 3 is 2.50 bits per heavy atom. The Bertz CT molecular complexity index is 559. The quantitative estimate of drug-likeness (QED) is 0.614. The van der Waals surface area contributed by atoms with Crippen molar-refractivity contribution in [2.75, 3.05) is 6.61 Å². The number of ether oxygens (including phenoxy) is 2. The summed E-state index contributed by atoms with van der Waals surface area (Å²) in [4.78, 5) is 25.5. The van der Waals surface area contributed by atoms with Crippen LogP contribution in [0.15, 0.2) is 0 Å². The maximum atomic E-state index is 13.1. The lowest BCUT2D eigenvalue weighted by molar-refractivity contribution is -0.233. The van der Waals surface area contributed by atoms with Crippen LogP contribution in [0.5, 0.6) is 0 Å². The van der Waals surface area contributed by atoms with Gasteiger partial charge in [0.2, 0.25) is 11.6 Å².